The number of halogens is 1. The van der Waals surface area contributed by atoms with Crippen LogP contribution in [0.25, 0.3) is 11.0 Å². The van der Waals surface area contributed by atoms with Crippen LogP contribution in [0.2, 0.25) is 0 Å². The Labute approximate surface area is 183 Å². The van der Waals surface area contributed by atoms with Gasteiger partial charge in [-0.05, 0) is 50.6 Å². The van der Waals surface area contributed by atoms with Crippen molar-refractivity contribution >= 4 is 22.6 Å². The second kappa shape index (κ2) is 8.66. The van der Waals surface area contributed by atoms with Crippen LogP contribution in [0.1, 0.15) is 34.2 Å². The molecule has 2 aromatic carbocycles. The molecule has 8 heteroatoms. The maximum absolute atomic E-state index is 13.5. The Balaban J connectivity index is 1.65. The molecule has 2 heterocycles. The molecule has 0 spiro atoms. The zero-order valence-corrected chi connectivity index (χ0v) is 17.9. The van der Waals surface area contributed by atoms with E-state index in [0.717, 1.165) is 5.56 Å². The minimum atomic E-state index is -0.633. The molecule has 0 fully saturated rings. The summed E-state index contributed by atoms with van der Waals surface area (Å²) in [4.78, 5) is 25.2. The van der Waals surface area contributed by atoms with Crippen LogP contribution < -0.4 is 15.7 Å². The summed E-state index contributed by atoms with van der Waals surface area (Å²) >= 11 is 0. The summed E-state index contributed by atoms with van der Waals surface area (Å²) in [6, 6.07) is 12.4. The second-order valence-electron chi connectivity index (χ2n) is 7.36. The number of carbonyl (C=O) groups is 1. The lowest BCUT2D eigenvalue weighted by atomic mass is 10.1. The van der Waals surface area contributed by atoms with Crippen molar-refractivity contribution in [1.82, 2.24) is 9.78 Å². The van der Waals surface area contributed by atoms with Gasteiger partial charge < -0.3 is 14.5 Å². The van der Waals surface area contributed by atoms with Crippen molar-refractivity contribution in [3.8, 4) is 5.75 Å². The van der Waals surface area contributed by atoms with Crippen molar-refractivity contribution in [3.63, 3.8) is 0 Å². The van der Waals surface area contributed by atoms with Gasteiger partial charge in [0.2, 0.25) is 0 Å². The number of hydrogen-bond acceptors (Lipinski definition) is 5. The van der Waals surface area contributed by atoms with Crippen LogP contribution >= 0.6 is 0 Å². The zero-order chi connectivity index (χ0) is 22.8. The Morgan fingerprint density at radius 2 is 2.00 bits per heavy atom. The van der Waals surface area contributed by atoms with Crippen LogP contribution in [0.5, 0.6) is 5.75 Å². The number of nitrogens with one attached hydrogen (secondary N) is 1. The summed E-state index contributed by atoms with van der Waals surface area (Å²) in [6.45, 7) is 6.27. The number of carbonyl (C=O) groups excluding carboxylic acids is 1. The van der Waals surface area contributed by atoms with E-state index in [-0.39, 0.29) is 17.0 Å². The lowest BCUT2D eigenvalue weighted by molar-refractivity contribution is 0.102. The van der Waals surface area contributed by atoms with Gasteiger partial charge in [-0.1, -0.05) is 12.1 Å². The van der Waals surface area contributed by atoms with Crippen LogP contribution in [-0.2, 0) is 6.54 Å². The van der Waals surface area contributed by atoms with Crippen LogP contribution in [0, 0.1) is 19.7 Å². The molecule has 0 saturated carbocycles. The summed E-state index contributed by atoms with van der Waals surface area (Å²) in [7, 11) is 0. The SMILES string of the molecule is CCOc1ccc2c(C(=O)Nc3c(C)nn(Cc4cccc(F)c4)c3C)cc(=O)oc2c1. The highest BCUT2D eigenvalue weighted by atomic mass is 19.1. The number of aryl methyl sites for hydroxylation is 1. The predicted octanol–water partition coefficient (Wildman–Crippen LogP) is 4.44. The fourth-order valence-corrected chi connectivity index (χ4v) is 3.61. The molecule has 4 aromatic rings. The maximum atomic E-state index is 13.5. The summed E-state index contributed by atoms with van der Waals surface area (Å²) in [5.74, 6) is -0.227. The van der Waals surface area contributed by atoms with E-state index >= 15 is 0 Å². The third-order valence-electron chi connectivity index (χ3n) is 5.11. The largest absolute Gasteiger partial charge is 0.494 e. The molecule has 2 aromatic heterocycles. The Hall–Kier alpha value is -3.94. The number of fused-ring (bicyclic) bond motifs is 1. The average molecular weight is 435 g/mol. The fraction of sp³-hybridized carbons (Fsp3) is 0.208. The lowest BCUT2D eigenvalue weighted by Crippen LogP contribution is -2.16. The summed E-state index contributed by atoms with van der Waals surface area (Å²) in [5, 5.41) is 7.83. The van der Waals surface area contributed by atoms with E-state index in [4.69, 9.17) is 9.15 Å². The topological polar surface area (TPSA) is 86.4 Å². The number of aromatic nitrogens is 2. The fourth-order valence-electron chi connectivity index (χ4n) is 3.61. The highest BCUT2D eigenvalue weighted by Gasteiger charge is 2.19. The van der Waals surface area contributed by atoms with Gasteiger partial charge >= 0.3 is 5.63 Å². The highest BCUT2D eigenvalue weighted by molar-refractivity contribution is 6.12. The number of amides is 1. The number of hydrogen-bond donors (Lipinski definition) is 1. The average Bonchev–Trinajstić information content (AvgIpc) is 3.00. The van der Waals surface area contributed by atoms with E-state index in [0.29, 0.717) is 41.4 Å². The minimum Gasteiger partial charge on any atom is -0.494 e. The smallest absolute Gasteiger partial charge is 0.337 e. The normalized spacial score (nSPS) is 11.0. The summed E-state index contributed by atoms with van der Waals surface area (Å²) in [5.41, 5.74) is 2.44. The quantitative estimate of drug-likeness (QED) is 0.453. The monoisotopic (exact) mass is 435 g/mol. The van der Waals surface area contributed by atoms with E-state index in [2.05, 4.69) is 10.4 Å². The van der Waals surface area contributed by atoms with Gasteiger partial charge in [0, 0.05) is 17.5 Å². The van der Waals surface area contributed by atoms with Crippen LogP contribution in [-0.4, -0.2) is 22.3 Å². The molecule has 0 atom stereocenters. The van der Waals surface area contributed by atoms with Gasteiger partial charge in [-0.25, -0.2) is 9.18 Å². The van der Waals surface area contributed by atoms with Crippen LogP contribution in [0.15, 0.2) is 57.7 Å². The van der Waals surface area contributed by atoms with E-state index in [1.807, 2.05) is 19.9 Å². The maximum Gasteiger partial charge on any atom is 0.337 e. The van der Waals surface area contributed by atoms with Gasteiger partial charge in [-0.15, -0.1) is 0 Å². The molecular weight excluding hydrogens is 413 g/mol. The first-order valence-electron chi connectivity index (χ1n) is 10.2. The molecule has 1 amide bonds. The van der Waals surface area contributed by atoms with Crippen molar-refractivity contribution < 1.29 is 18.3 Å². The molecule has 0 aliphatic carbocycles. The summed E-state index contributed by atoms with van der Waals surface area (Å²) in [6.07, 6.45) is 0. The van der Waals surface area contributed by atoms with Crippen molar-refractivity contribution in [2.75, 3.05) is 11.9 Å². The molecule has 7 nitrogen and oxygen atoms in total. The third-order valence-corrected chi connectivity index (χ3v) is 5.11. The molecule has 164 valence electrons. The van der Waals surface area contributed by atoms with Gasteiger partial charge in [0.25, 0.3) is 5.91 Å². The number of anilines is 1. The third kappa shape index (κ3) is 4.25. The van der Waals surface area contributed by atoms with Crippen molar-refractivity contribution in [3.05, 3.63) is 87.3 Å². The van der Waals surface area contributed by atoms with Gasteiger partial charge in [0.05, 0.1) is 35.8 Å². The minimum absolute atomic E-state index is 0.191. The van der Waals surface area contributed by atoms with Gasteiger partial charge in [0.15, 0.2) is 0 Å². The number of rotatable bonds is 6. The summed E-state index contributed by atoms with van der Waals surface area (Å²) < 4.78 is 25.9. The number of benzene rings is 2. The predicted molar refractivity (Wildman–Crippen MR) is 119 cm³/mol. The lowest BCUT2D eigenvalue weighted by Gasteiger charge is -2.10. The van der Waals surface area contributed by atoms with Gasteiger partial charge in [-0.2, -0.15) is 5.10 Å². The zero-order valence-electron chi connectivity index (χ0n) is 17.9. The van der Waals surface area contributed by atoms with E-state index in [9.17, 15) is 14.0 Å². The van der Waals surface area contributed by atoms with Crippen LogP contribution in [0.4, 0.5) is 10.1 Å². The highest BCUT2D eigenvalue weighted by Crippen LogP contribution is 2.25. The number of ether oxygens (including phenoxy) is 1. The molecule has 0 aliphatic heterocycles. The molecule has 0 bridgehead atoms. The first-order chi connectivity index (χ1) is 15.4. The standard InChI is InChI=1S/C24H22FN3O4/c1-4-31-18-8-9-19-20(12-22(29)32-21(19)11-18)24(30)26-23-14(2)27-28(15(23)3)13-16-6-5-7-17(25)10-16/h5-12H,4,13H2,1-3H3,(H,26,30). The first kappa shape index (κ1) is 21.3. The van der Waals surface area contributed by atoms with Gasteiger partial charge in [-0.3, -0.25) is 9.48 Å². The van der Waals surface area contributed by atoms with Crippen molar-refractivity contribution in [1.29, 1.82) is 0 Å². The molecule has 32 heavy (non-hydrogen) atoms. The van der Waals surface area contributed by atoms with Gasteiger partial charge in [0.1, 0.15) is 17.1 Å². The number of nitrogens with zero attached hydrogens (tertiary/aromatic N) is 2. The Bertz CT molecular complexity index is 1370. The molecule has 0 saturated heterocycles. The van der Waals surface area contributed by atoms with Crippen LogP contribution in [0.3, 0.4) is 0 Å². The Kier molecular flexibility index (Phi) is 5.77. The van der Waals surface area contributed by atoms with E-state index < -0.39 is 11.5 Å². The van der Waals surface area contributed by atoms with E-state index in [1.165, 1.54) is 18.2 Å². The molecule has 1 N–H and O–H groups in total. The van der Waals surface area contributed by atoms with E-state index in [1.54, 1.807) is 35.9 Å². The molecule has 0 aliphatic rings. The van der Waals surface area contributed by atoms with Crippen molar-refractivity contribution in [2.24, 2.45) is 0 Å². The first-order valence-corrected chi connectivity index (χ1v) is 10.2. The Morgan fingerprint density at radius 3 is 2.75 bits per heavy atom. The molecule has 0 unspecified atom stereocenters. The van der Waals surface area contributed by atoms with Crippen molar-refractivity contribution in [2.45, 2.75) is 27.3 Å². The molecule has 0 radical (unpaired) electrons. The second-order valence-corrected chi connectivity index (χ2v) is 7.36. The molecular formula is C24H22FN3O4. The Morgan fingerprint density at radius 1 is 1.19 bits per heavy atom. The molecule has 4 rings (SSSR count).